The summed E-state index contributed by atoms with van der Waals surface area (Å²) in [6.07, 6.45) is 0. The molecule has 0 aromatic heterocycles. The number of carbonyl (C=O) groups is 2. The molecule has 1 aromatic carbocycles. The third kappa shape index (κ3) is 23.8. The van der Waals surface area contributed by atoms with E-state index in [0.29, 0.717) is 0 Å². The zero-order valence-electron chi connectivity index (χ0n) is 9.68. The maximum Gasteiger partial charge on any atom is 2.00 e. The molecule has 1 N–H and O–H groups in total. The van der Waals surface area contributed by atoms with Gasteiger partial charge in [0.25, 0.3) is 0 Å². The first-order chi connectivity index (χ1) is 7.77. The summed E-state index contributed by atoms with van der Waals surface area (Å²) in [5, 5.41) is 26.5. The molecular formula is C11H12CuO6. The van der Waals surface area contributed by atoms with E-state index in [1.807, 2.05) is 0 Å². The second-order valence-corrected chi connectivity index (χ2v) is 2.64. The van der Waals surface area contributed by atoms with Gasteiger partial charge < -0.3 is 24.9 Å². The predicted molar refractivity (Wildman–Crippen MR) is 55.7 cm³/mol. The fraction of sp³-hybridized carbons (Fsp3) is 0.182. The third-order valence-corrected chi connectivity index (χ3v) is 0.976. The minimum Gasteiger partial charge on any atom is -0.550 e. The summed E-state index contributed by atoms with van der Waals surface area (Å²) in [4.78, 5) is 28.3. The largest absolute Gasteiger partial charge is 2.00 e. The first-order valence-corrected chi connectivity index (χ1v) is 4.40. The Hall–Kier alpha value is -1.85. The molecule has 0 heterocycles. The average molecular weight is 304 g/mol. The summed E-state index contributed by atoms with van der Waals surface area (Å²) in [6, 6.07) is 7.55. The smallest absolute Gasteiger partial charge is 0.550 e. The van der Waals surface area contributed by atoms with Crippen LogP contribution in [0.5, 0.6) is 5.75 Å². The van der Waals surface area contributed by atoms with Gasteiger partial charge in [-0.2, -0.15) is 0 Å². The van der Waals surface area contributed by atoms with E-state index in [-0.39, 0.29) is 28.2 Å². The van der Waals surface area contributed by atoms with Crippen LogP contribution in [0.1, 0.15) is 13.8 Å². The van der Waals surface area contributed by atoms with Gasteiger partial charge in [0.15, 0.2) is 5.75 Å². The summed E-state index contributed by atoms with van der Waals surface area (Å²) in [6.45, 7) is 1.94. The number of carbonyl (C=O) groups excluding carboxylic acids is 2. The first kappa shape index (κ1) is 21.4. The molecule has 0 aliphatic heterocycles. The molecule has 103 valence electrons. The third-order valence-electron chi connectivity index (χ3n) is 0.976. The maximum atomic E-state index is 10.6. The zero-order chi connectivity index (χ0) is 13.8. The molecule has 0 aliphatic rings. The van der Waals surface area contributed by atoms with Crippen LogP contribution in [0.2, 0.25) is 0 Å². The van der Waals surface area contributed by atoms with Crippen LogP contribution in [0.15, 0.2) is 35.1 Å². The predicted octanol–water partition coefficient (Wildman–Crippen LogP) is -1.74. The Morgan fingerprint density at radius 3 is 1.72 bits per heavy atom. The van der Waals surface area contributed by atoms with Crippen molar-refractivity contribution < 1.29 is 42.0 Å². The summed E-state index contributed by atoms with van der Waals surface area (Å²) in [7, 11) is 0. The van der Waals surface area contributed by atoms with E-state index in [2.05, 4.69) is 0 Å². The first-order valence-electron chi connectivity index (χ1n) is 4.40. The van der Waals surface area contributed by atoms with Crippen molar-refractivity contribution in [3.05, 3.63) is 40.6 Å². The SMILES string of the molecule is CC(=O)[O-].CC(=O)[O-].O=c1cccccc1O.[Cu+2]. The molecule has 7 heteroatoms. The molecular weight excluding hydrogens is 292 g/mol. The fourth-order valence-electron chi connectivity index (χ4n) is 0.521. The summed E-state index contributed by atoms with van der Waals surface area (Å²) >= 11 is 0. The zero-order valence-corrected chi connectivity index (χ0v) is 10.6. The maximum absolute atomic E-state index is 10.6. The Labute approximate surface area is 114 Å². The van der Waals surface area contributed by atoms with Gasteiger partial charge >= 0.3 is 17.1 Å². The van der Waals surface area contributed by atoms with E-state index in [1.165, 1.54) is 12.1 Å². The summed E-state index contributed by atoms with van der Waals surface area (Å²) < 4.78 is 0. The molecule has 0 aliphatic carbocycles. The van der Waals surface area contributed by atoms with Crippen LogP contribution in [0.3, 0.4) is 0 Å². The molecule has 0 amide bonds. The van der Waals surface area contributed by atoms with Crippen molar-refractivity contribution >= 4 is 11.9 Å². The van der Waals surface area contributed by atoms with Crippen molar-refractivity contribution in [2.75, 3.05) is 0 Å². The van der Waals surface area contributed by atoms with E-state index in [9.17, 15) is 4.79 Å². The van der Waals surface area contributed by atoms with Gasteiger partial charge in [0.2, 0.25) is 5.43 Å². The number of aromatic hydroxyl groups is 1. The molecule has 0 saturated heterocycles. The fourth-order valence-corrected chi connectivity index (χ4v) is 0.521. The van der Waals surface area contributed by atoms with Gasteiger partial charge in [0.05, 0.1) is 0 Å². The van der Waals surface area contributed by atoms with E-state index in [4.69, 9.17) is 24.9 Å². The summed E-state index contributed by atoms with van der Waals surface area (Å²) in [5.74, 6) is -2.37. The van der Waals surface area contributed by atoms with Crippen LogP contribution in [0, 0.1) is 0 Å². The number of hydrogen-bond acceptors (Lipinski definition) is 6. The number of carboxylic acid groups (broad SMARTS) is 2. The molecule has 0 atom stereocenters. The van der Waals surface area contributed by atoms with Gasteiger partial charge in [0.1, 0.15) is 0 Å². The van der Waals surface area contributed by atoms with Crippen molar-refractivity contribution in [1.82, 2.24) is 0 Å². The van der Waals surface area contributed by atoms with E-state index in [1.54, 1.807) is 18.2 Å². The van der Waals surface area contributed by atoms with Crippen LogP contribution < -0.4 is 15.6 Å². The molecule has 0 bridgehead atoms. The second kappa shape index (κ2) is 13.2. The average Bonchev–Trinajstić information content (AvgIpc) is 2.30. The number of rotatable bonds is 0. The molecule has 1 rings (SSSR count). The van der Waals surface area contributed by atoms with Crippen molar-refractivity contribution in [3.8, 4) is 5.75 Å². The van der Waals surface area contributed by atoms with Gasteiger partial charge in [-0.25, -0.2) is 0 Å². The van der Waals surface area contributed by atoms with E-state index >= 15 is 0 Å². The molecule has 1 radical (unpaired) electrons. The van der Waals surface area contributed by atoms with Gasteiger partial charge in [-0.05, 0) is 26.0 Å². The van der Waals surface area contributed by atoms with Crippen molar-refractivity contribution in [2.45, 2.75) is 13.8 Å². The van der Waals surface area contributed by atoms with Crippen molar-refractivity contribution in [3.63, 3.8) is 0 Å². The summed E-state index contributed by atoms with van der Waals surface area (Å²) in [5.41, 5.74) is -0.347. The molecule has 1 aromatic rings. The van der Waals surface area contributed by atoms with Gasteiger partial charge in [0, 0.05) is 11.9 Å². The topological polar surface area (TPSA) is 118 Å². The molecule has 18 heavy (non-hydrogen) atoms. The van der Waals surface area contributed by atoms with E-state index in [0.717, 1.165) is 13.8 Å². The van der Waals surface area contributed by atoms with Crippen LogP contribution >= 0.6 is 0 Å². The monoisotopic (exact) mass is 303 g/mol. The Balaban J connectivity index is -0.000000214. The molecule has 0 unspecified atom stereocenters. The van der Waals surface area contributed by atoms with Crippen LogP contribution in [0.25, 0.3) is 0 Å². The standard InChI is InChI=1S/C7H6O2.2C2H4O2.Cu/c8-6-4-2-1-3-5-7(6)9;2*1-2(3)4;/h1-5H,(H,8,9);2*1H3,(H,3,4);/q;;;+2/p-2. The normalized spacial score (nSPS) is 7.22. The number of aliphatic carboxylic acids is 2. The van der Waals surface area contributed by atoms with Crippen molar-refractivity contribution in [2.24, 2.45) is 0 Å². The quantitative estimate of drug-likeness (QED) is 0.569. The minimum absolute atomic E-state index is 0. The van der Waals surface area contributed by atoms with Crippen LogP contribution in [-0.4, -0.2) is 17.0 Å². The Kier molecular flexibility index (Phi) is 15.7. The molecule has 0 fully saturated rings. The van der Waals surface area contributed by atoms with Gasteiger partial charge in [-0.3, -0.25) is 4.79 Å². The Morgan fingerprint density at radius 1 is 1.00 bits per heavy atom. The van der Waals surface area contributed by atoms with E-state index < -0.39 is 11.9 Å². The Bertz CT molecular complexity index is 398. The number of hydrogen-bond donors (Lipinski definition) is 1. The van der Waals surface area contributed by atoms with Gasteiger partial charge in [-0.1, -0.05) is 18.2 Å². The Morgan fingerprint density at radius 2 is 1.33 bits per heavy atom. The number of carboxylic acids is 2. The van der Waals surface area contributed by atoms with Crippen LogP contribution in [0.4, 0.5) is 0 Å². The second-order valence-electron chi connectivity index (χ2n) is 2.64. The molecule has 6 nitrogen and oxygen atoms in total. The van der Waals surface area contributed by atoms with Crippen molar-refractivity contribution in [1.29, 1.82) is 0 Å². The molecule has 0 spiro atoms. The van der Waals surface area contributed by atoms with Crippen LogP contribution in [-0.2, 0) is 26.7 Å². The molecule has 0 saturated carbocycles. The van der Waals surface area contributed by atoms with Gasteiger partial charge in [-0.15, -0.1) is 0 Å². The minimum atomic E-state index is -1.08.